The number of aliphatic hydroxyl groups is 1. The van der Waals surface area contributed by atoms with Crippen LogP contribution in [0.3, 0.4) is 0 Å². The molecule has 1 aromatic heterocycles. The van der Waals surface area contributed by atoms with Crippen LogP contribution in [0.4, 0.5) is 21.7 Å². The molecule has 3 N–H and O–H groups in total. The van der Waals surface area contributed by atoms with Crippen molar-refractivity contribution in [2.24, 2.45) is 0 Å². The number of aliphatic hydroxyl groups excluding tert-OH is 1. The zero-order valence-corrected chi connectivity index (χ0v) is 15.2. The zero-order chi connectivity index (χ0) is 18.8. The summed E-state index contributed by atoms with van der Waals surface area (Å²) in [5.41, 5.74) is 6.40. The monoisotopic (exact) mass is 372 g/mol. The van der Waals surface area contributed by atoms with Crippen molar-refractivity contribution in [3.8, 4) is 0 Å². The average Bonchev–Trinajstić information content (AvgIpc) is 2.69. The van der Waals surface area contributed by atoms with Gasteiger partial charge in [0, 0.05) is 51.4 Å². The lowest BCUT2D eigenvalue weighted by atomic mass is 9.99. The summed E-state index contributed by atoms with van der Waals surface area (Å²) in [5.74, 6) is 1.01. The summed E-state index contributed by atoms with van der Waals surface area (Å²) in [6.45, 7) is 4.49. The molecule has 2 aliphatic heterocycles. The SMILES string of the molecule is Nc1cc(N2CC[C@@H](N3CCN(c4ccccc4F)CC3)[C@H](O)C2)ncn1. The van der Waals surface area contributed by atoms with E-state index in [1.54, 1.807) is 12.1 Å². The number of hydrogen-bond acceptors (Lipinski definition) is 7. The molecule has 2 fully saturated rings. The van der Waals surface area contributed by atoms with Crippen LogP contribution in [-0.4, -0.2) is 71.4 Å². The maximum atomic E-state index is 14.0. The molecule has 0 spiro atoms. The highest BCUT2D eigenvalue weighted by Crippen LogP contribution is 2.25. The molecule has 2 atom stereocenters. The number of aromatic nitrogens is 2. The quantitative estimate of drug-likeness (QED) is 0.830. The molecule has 0 unspecified atom stereocenters. The Balaban J connectivity index is 1.35. The highest BCUT2D eigenvalue weighted by atomic mass is 19.1. The van der Waals surface area contributed by atoms with Crippen LogP contribution >= 0.6 is 0 Å². The number of piperazine rings is 1. The molecule has 4 rings (SSSR count). The summed E-state index contributed by atoms with van der Waals surface area (Å²) in [7, 11) is 0. The van der Waals surface area contributed by atoms with Gasteiger partial charge in [-0.05, 0) is 18.6 Å². The molecule has 1 aromatic carbocycles. The first-order chi connectivity index (χ1) is 13.1. The minimum Gasteiger partial charge on any atom is -0.390 e. The predicted molar refractivity (Wildman–Crippen MR) is 103 cm³/mol. The van der Waals surface area contributed by atoms with E-state index < -0.39 is 6.10 Å². The summed E-state index contributed by atoms with van der Waals surface area (Å²) in [6, 6.07) is 8.75. The fraction of sp³-hybridized carbons (Fsp3) is 0.474. The number of rotatable bonds is 3. The third-order valence-electron chi connectivity index (χ3n) is 5.52. The molecule has 144 valence electrons. The van der Waals surface area contributed by atoms with Crippen LogP contribution in [0, 0.1) is 5.82 Å². The normalized spacial score (nSPS) is 24.2. The number of halogens is 1. The summed E-state index contributed by atoms with van der Waals surface area (Å²) < 4.78 is 14.0. The van der Waals surface area contributed by atoms with E-state index in [2.05, 4.69) is 24.7 Å². The highest BCUT2D eigenvalue weighted by molar-refractivity contribution is 5.48. The minimum atomic E-state index is -0.463. The molecule has 0 amide bonds. The van der Waals surface area contributed by atoms with Crippen molar-refractivity contribution in [2.45, 2.75) is 18.6 Å². The third kappa shape index (κ3) is 3.81. The molecule has 7 nitrogen and oxygen atoms in total. The van der Waals surface area contributed by atoms with E-state index in [4.69, 9.17) is 5.73 Å². The topological polar surface area (TPSA) is 81.8 Å². The second kappa shape index (κ2) is 7.66. The smallest absolute Gasteiger partial charge is 0.146 e. The number of piperidine rings is 1. The molecule has 0 aliphatic carbocycles. The zero-order valence-electron chi connectivity index (χ0n) is 15.2. The maximum Gasteiger partial charge on any atom is 0.146 e. The number of nitrogen functional groups attached to an aromatic ring is 1. The second-order valence-corrected chi connectivity index (χ2v) is 7.14. The van der Waals surface area contributed by atoms with Gasteiger partial charge in [-0.2, -0.15) is 0 Å². The fourth-order valence-corrected chi connectivity index (χ4v) is 4.09. The van der Waals surface area contributed by atoms with Gasteiger partial charge in [0.1, 0.15) is 23.8 Å². The van der Waals surface area contributed by atoms with Crippen LogP contribution in [-0.2, 0) is 0 Å². The number of para-hydroxylation sites is 1. The molecule has 0 saturated carbocycles. The molecule has 0 bridgehead atoms. The molecule has 2 saturated heterocycles. The van der Waals surface area contributed by atoms with Crippen molar-refractivity contribution < 1.29 is 9.50 Å². The molecular weight excluding hydrogens is 347 g/mol. The lowest BCUT2D eigenvalue weighted by Gasteiger charge is -2.45. The van der Waals surface area contributed by atoms with Gasteiger partial charge >= 0.3 is 0 Å². The fourth-order valence-electron chi connectivity index (χ4n) is 4.09. The minimum absolute atomic E-state index is 0.114. The third-order valence-corrected chi connectivity index (χ3v) is 5.52. The van der Waals surface area contributed by atoms with Crippen molar-refractivity contribution in [3.05, 3.63) is 42.5 Å². The Bertz CT molecular complexity index is 782. The largest absolute Gasteiger partial charge is 0.390 e. The van der Waals surface area contributed by atoms with Crippen LogP contribution in [0.15, 0.2) is 36.7 Å². The highest BCUT2D eigenvalue weighted by Gasteiger charge is 2.34. The maximum absolute atomic E-state index is 14.0. The summed E-state index contributed by atoms with van der Waals surface area (Å²) >= 11 is 0. The summed E-state index contributed by atoms with van der Waals surface area (Å²) in [6.07, 6.45) is 1.84. The molecule has 2 aromatic rings. The van der Waals surface area contributed by atoms with Gasteiger partial charge in [0.05, 0.1) is 11.8 Å². The Labute approximate surface area is 158 Å². The van der Waals surface area contributed by atoms with Crippen LogP contribution < -0.4 is 15.5 Å². The van der Waals surface area contributed by atoms with Gasteiger partial charge in [0.2, 0.25) is 0 Å². The van der Waals surface area contributed by atoms with Gasteiger partial charge in [0.15, 0.2) is 0 Å². The van der Waals surface area contributed by atoms with Gasteiger partial charge in [-0.3, -0.25) is 4.90 Å². The molecule has 8 heteroatoms. The lowest BCUT2D eigenvalue weighted by molar-refractivity contribution is 0.0336. The van der Waals surface area contributed by atoms with Crippen molar-refractivity contribution in [2.75, 3.05) is 54.8 Å². The first-order valence-corrected chi connectivity index (χ1v) is 9.36. The number of β-amino-alcohol motifs (C(OH)–C–C–N with tert-alkyl or cyclic N) is 1. The number of nitrogens with two attached hydrogens (primary N) is 1. The number of nitrogens with zero attached hydrogens (tertiary/aromatic N) is 5. The van der Waals surface area contributed by atoms with Gasteiger partial charge in [0.25, 0.3) is 0 Å². The van der Waals surface area contributed by atoms with E-state index >= 15 is 0 Å². The van der Waals surface area contributed by atoms with E-state index in [0.717, 1.165) is 45.0 Å². The number of benzene rings is 1. The lowest BCUT2D eigenvalue weighted by Crippen LogP contribution is -2.59. The van der Waals surface area contributed by atoms with E-state index in [1.165, 1.54) is 12.4 Å². The molecule has 27 heavy (non-hydrogen) atoms. The Morgan fingerprint density at radius 1 is 1.04 bits per heavy atom. The Kier molecular flexibility index (Phi) is 5.09. The summed E-state index contributed by atoms with van der Waals surface area (Å²) in [4.78, 5) is 14.6. The van der Waals surface area contributed by atoms with E-state index in [0.29, 0.717) is 18.1 Å². The van der Waals surface area contributed by atoms with E-state index in [1.807, 2.05) is 12.1 Å². The van der Waals surface area contributed by atoms with Gasteiger partial charge in [-0.25, -0.2) is 14.4 Å². The van der Waals surface area contributed by atoms with Crippen molar-refractivity contribution in [1.82, 2.24) is 14.9 Å². The second-order valence-electron chi connectivity index (χ2n) is 7.14. The van der Waals surface area contributed by atoms with Crippen molar-refractivity contribution in [1.29, 1.82) is 0 Å². The van der Waals surface area contributed by atoms with Crippen LogP contribution in [0.1, 0.15) is 6.42 Å². The van der Waals surface area contributed by atoms with Gasteiger partial charge < -0.3 is 20.6 Å². The molecular formula is C19H25FN6O. The van der Waals surface area contributed by atoms with Gasteiger partial charge in [-0.15, -0.1) is 0 Å². The predicted octanol–water partition coefficient (Wildman–Crippen LogP) is 0.960. The first kappa shape index (κ1) is 17.9. The van der Waals surface area contributed by atoms with Crippen molar-refractivity contribution >= 4 is 17.3 Å². The Hall–Kier alpha value is -2.45. The van der Waals surface area contributed by atoms with Crippen LogP contribution in [0.25, 0.3) is 0 Å². The van der Waals surface area contributed by atoms with E-state index in [9.17, 15) is 9.50 Å². The summed E-state index contributed by atoms with van der Waals surface area (Å²) in [5, 5.41) is 10.7. The standard InChI is InChI=1S/C19H25FN6O/c20-14-3-1-2-4-15(14)24-7-9-25(10-8-24)16-5-6-26(12-17(16)27)19-11-18(21)22-13-23-19/h1-4,11,13,16-17,27H,5-10,12H2,(H2,21,22,23)/t16-,17-/m1/s1. The van der Waals surface area contributed by atoms with Crippen molar-refractivity contribution in [3.63, 3.8) is 0 Å². The number of anilines is 3. The van der Waals surface area contributed by atoms with Gasteiger partial charge in [-0.1, -0.05) is 12.1 Å². The Morgan fingerprint density at radius 2 is 1.81 bits per heavy atom. The molecule has 3 heterocycles. The number of hydrogen-bond donors (Lipinski definition) is 2. The molecule has 2 aliphatic rings. The first-order valence-electron chi connectivity index (χ1n) is 9.36. The molecule has 0 radical (unpaired) electrons. The van der Waals surface area contributed by atoms with E-state index in [-0.39, 0.29) is 11.9 Å². The average molecular weight is 372 g/mol. The van der Waals surface area contributed by atoms with Crippen LogP contribution in [0.5, 0.6) is 0 Å². The van der Waals surface area contributed by atoms with Crippen LogP contribution in [0.2, 0.25) is 0 Å². The Morgan fingerprint density at radius 3 is 2.52 bits per heavy atom.